The number of aromatic nitrogens is 3. The number of nitrogens with one attached hydrogen (secondary N) is 1. The number of amides is 2. The van der Waals surface area contributed by atoms with E-state index >= 15 is 0 Å². The quantitative estimate of drug-likeness (QED) is 0.458. The predicted octanol–water partition coefficient (Wildman–Crippen LogP) is 4.41. The minimum absolute atomic E-state index is 0.0270. The SMILES string of the molecule is CCC(=O)[C@@H]1C[C@]23CNC(=O)C[C@H](C)CCCCc4cc(-c5nnc(C)o5)cc5c(C(C)=O)cn(c45)CC(=O)N1[C@@H]2C3. The van der Waals surface area contributed by atoms with Gasteiger partial charge in [-0.15, -0.1) is 10.2 Å². The Morgan fingerprint density at radius 3 is 2.69 bits per heavy atom. The molecule has 3 aliphatic rings. The van der Waals surface area contributed by atoms with Gasteiger partial charge in [0.2, 0.25) is 23.6 Å². The second-order valence-electron chi connectivity index (χ2n) is 12.6. The van der Waals surface area contributed by atoms with Gasteiger partial charge in [-0.1, -0.05) is 26.7 Å². The number of aryl methyl sites for hydroxylation is 2. The number of piperidine rings is 1. The number of benzene rings is 1. The maximum absolute atomic E-state index is 14.1. The van der Waals surface area contributed by atoms with Crippen molar-refractivity contribution in [3.8, 4) is 11.5 Å². The van der Waals surface area contributed by atoms with E-state index < -0.39 is 6.04 Å². The summed E-state index contributed by atoms with van der Waals surface area (Å²) < 4.78 is 7.63. The lowest BCUT2D eigenvalue weighted by atomic mass is 9.95. The average Bonchev–Trinajstić information content (AvgIpc) is 3.22. The van der Waals surface area contributed by atoms with Crippen LogP contribution in [0.1, 0.15) is 87.5 Å². The van der Waals surface area contributed by atoms with E-state index in [0.29, 0.717) is 43.2 Å². The van der Waals surface area contributed by atoms with E-state index in [9.17, 15) is 19.2 Å². The molecule has 2 amide bonds. The van der Waals surface area contributed by atoms with E-state index in [-0.39, 0.29) is 47.3 Å². The molecule has 222 valence electrons. The maximum atomic E-state index is 14.1. The molecule has 0 spiro atoms. The minimum atomic E-state index is -0.489. The van der Waals surface area contributed by atoms with Crippen molar-refractivity contribution in [3.63, 3.8) is 0 Å². The zero-order chi connectivity index (χ0) is 29.8. The van der Waals surface area contributed by atoms with Gasteiger partial charge in [-0.05, 0) is 56.2 Å². The van der Waals surface area contributed by atoms with E-state index in [4.69, 9.17) is 4.42 Å². The number of nitrogens with zero attached hydrogens (tertiary/aromatic N) is 4. The summed E-state index contributed by atoms with van der Waals surface area (Å²) in [4.78, 5) is 54.6. The molecule has 1 aromatic carbocycles. The highest BCUT2D eigenvalue weighted by Gasteiger charge is 2.66. The summed E-state index contributed by atoms with van der Waals surface area (Å²) in [6.07, 6.45) is 7.42. The molecule has 2 aliphatic heterocycles. The van der Waals surface area contributed by atoms with Crippen molar-refractivity contribution >= 4 is 34.3 Å². The first-order valence-electron chi connectivity index (χ1n) is 15.2. The van der Waals surface area contributed by atoms with Crippen molar-refractivity contribution in [3.05, 3.63) is 35.3 Å². The third kappa shape index (κ3) is 5.05. The molecule has 0 unspecified atom stereocenters. The molecule has 1 saturated heterocycles. The topological polar surface area (TPSA) is 127 Å². The number of carbonyl (C=O) groups is 4. The normalized spacial score (nSPS) is 26.6. The van der Waals surface area contributed by atoms with Crippen LogP contribution in [0.5, 0.6) is 0 Å². The van der Waals surface area contributed by atoms with Crippen LogP contribution in [0.3, 0.4) is 0 Å². The van der Waals surface area contributed by atoms with Crippen molar-refractivity contribution in [1.82, 2.24) is 25.0 Å². The highest BCUT2D eigenvalue weighted by atomic mass is 16.4. The van der Waals surface area contributed by atoms with Crippen molar-refractivity contribution in [1.29, 1.82) is 0 Å². The maximum Gasteiger partial charge on any atom is 0.247 e. The monoisotopic (exact) mass is 573 g/mol. The van der Waals surface area contributed by atoms with Gasteiger partial charge < -0.3 is 19.2 Å². The van der Waals surface area contributed by atoms with Crippen LogP contribution in [0.4, 0.5) is 0 Å². The first-order valence-corrected chi connectivity index (χ1v) is 15.2. The first kappa shape index (κ1) is 28.3. The molecule has 10 heteroatoms. The summed E-state index contributed by atoms with van der Waals surface area (Å²) in [6, 6.07) is 3.36. The molecule has 2 fully saturated rings. The van der Waals surface area contributed by atoms with Gasteiger partial charge in [-0.2, -0.15) is 0 Å². The fourth-order valence-electron chi connectivity index (χ4n) is 7.22. The number of carbonyl (C=O) groups excluding carboxylic acids is 4. The summed E-state index contributed by atoms with van der Waals surface area (Å²) in [6.45, 7) is 7.73. The van der Waals surface area contributed by atoms with Crippen LogP contribution in [0.2, 0.25) is 0 Å². The van der Waals surface area contributed by atoms with Gasteiger partial charge in [0, 0.05) is 60.5 Å². The molecular formula is C32H39N5O5. The fraction of sp³-hybridized carbons (Fsp3) is 0.562. The molecular weight excluding hydrogens is 534 g/mol. The van der Waals surface area contributed by atoms with E-state index in [1.54, 1.807) is 18.0 Å². The van der Waals surface area contributed by atoms with Crippen LogP contribution in [0, 0.1) is 18.3 Å². The number of ketones is 2. The van der Waals surface area contributed by atoms with Gasteiger partial charge in [-0.3, -0.25) is 19.2 Å². The van der Waals surface area contributed by atoms with E-state index in [2.05, 4.69) is 22.4 Å². The molecule has 3 aromatic rings. The summed E-state index contributed by atoms with van der Waals surface area (Å²) >= 11 is 0. The van der Waals surface area contributed by atoms with Gasteiger partial charge in [0.05, 0.1) is 11.6 Å². The lowest BCUT2D eigenvalue weighted by Crippen LogP contribution is -2.44. The van der Waals surface area contributed by atoms with Crippen molar-refractivity contribution in [2.75, 3.05) is 6.54 Å². The van der Waals surface area contributed by atoms with Crippen LogP contribution < -0.4 is 5.32 Å². The smallest absolute Gasteiger partial charge is 0.247 e. The lowest BCUT2D eigenvalue weighted by molar-refractivity contribution is -0.139. The van der Waals surface area contributed by atoms with Gasteiger partial charge in [0.1, 0.15) is 6.54 Å². The predicted molar refractivity (Wildman–Crippen MR) is 156 cm³/mol. The van der Waals surface area contributed by atoms with E-state index in [1.165, 1.54) is 6.92 Å². The molecule has 10 nitrogen and oxygen atoms in total. The summed E-state index contributed by atoms with van der Waals surface area (Å²) in [5, 5.41) is 12.1. The molecule has 2 bridgehead atoms. The Morgan fingerprint density at radius 2 is 1.98 bits per heavy atom. The summed E-state index contributed by atoms with van der Waals surface area (Å²) in [7, 11) is 0. The minimum Gasteiger partial charge on any atom is -0.421 e. The Hall–Kier alpha value is -3.82. The molecule has 42 heavy (non-hydrogen) atoms. The Morgan fingerprint density at radius 1 is 1.17 bits per heavy atom. The van der Waals surface area contributed by atoms with Crippen molar-refractivity contribution < 1.29 is 23.6 Å². The molecule has 4 heterocycles. The Bertz CT molecular complexity index is 1590. The van der Waals surface area contributed by atoms with Gasteiger partial charge in [0.25, 0.3) is 0 Å². The standard InChI is InChI=1S/C32H39N5O5/c1-5-26(39)25-13-32-14-27(32)37(25)29(41)16-36-15-24(19(3)38)23-12-22(31-35-34-20(4)42-31)11-21(30(23)36)9-7-6-8-18(2)10-28(40)33-17-32/h11-12,15,18,25,27H,5-10,13-14,16-17H2,1-4H3,(H,33,40)/t18-,25+,27-,32+/m1/s1. The second kappa shape index (κ2) is 10.8. The van der Waals surface area contributed by atoms with E-state index in [0.717, 1.165) is 54.1 Å². The number of hydrogen-bond donors (Lipinski definition) is 1. The molecule has 4 atom stereocenters. The van der Waals surface area contributed by atoms with Gasteiger partial charge in [0.15, 0.2) is 11.6 Å². The molecule has 6 rings (SSSR count). The molecule has 1 aliphatic carbocycles. The average molecular weight is 574 g/mol. The van der Waals surface area contributed by atoms with Crippen molar-refractivity contribution in [2.24, 2.45) is 11.3 Å². The summed E-state index contributed by atoms with van der Waals surface area (Å²) in [5.41, 5.74) is 2.87. The Balaban J connectivity index is 1.45. The third-order valence-electron chi connectivity index (χ3n) is 9.50. The van der Waals surface area contributed by atoms with E-state index in [1.807, 2.05) is 23.6 Å². The fourth-order valence-corrected chi connectivity index (χ4v) is 7.22. The number of Topliss-reactive ketones (excluding diaryl/α,β-unsaturated/α-hetero) is 2. The summed E-state index contributed by atoms with van der Waals surface area (Å²) in [5.74, 6) is 0.933. The van der Waals surface area contributed by atoms with Gasteiger partial charge >= 0.3 is 0 Å². The zero-order valence-electron chi connectivity index (χ0n) is 24.9. The lowest BCUT2D eigenvalue weighted by Gasteiger charge is -2.27. The zero-order valence-corrected chi connectivity index (χ0v) is 24.9. The van der Waals surface area contributed by atoms with Crippen LogP contribution in [-0.4, -0.2) is 61.7 Å². The van der Waals surface area contributed by atoms with Crippen LogP contribution >= 0.6 is 0 Å². The molecule has 1 saturated carbocycles. The molecule has 1 N–H and O–H groups in total. The number of rotatable bonds is 4. The Kier molecular flexibility index (Phi) is 7.27. The molecule has 2 aromatic heterocycles. The highest BCUT2D eigenvalue weighted by molar-refractivity contribution is 6.09. The number of hydrogen-bond acceptors (Lipinski definition) is 7. The van der Waals surface area contributed by atoms with Crippen LogP contribution in [0.25, 0.3) is 22.4 Å². The van der Waals surface area contributed by atoms with Crippen LogP contribution in [0.15, 0.2) is 22.7 Å². The first-order chi connectivity index (χ1) is 20.1. The van der Waals surface area contributed by atoms with Crippen LogP contribution in [-0.2, 0) is 27.3 Å². The van der Waals surface area contributed by atoms with Gasteiger partial charge in [-0.25, -0.2) is 0 Å². The Labute approximate surface area is 245 Å². The molecule has 0 radical (unpaired) electrons. The third-order valence-corrected chi connectivity index (χ3v) is 9.50. The second-order valence-corrected chi connectivity index (χ2v) is 12.6. The highest BCUT2D eigenvalue weighted by Crippen LogP contribution is 2.59. The largest absolute Gasteiger partial charge is 0.421 e. The van der Waals surface area contributed by atoms with Crippen molar-refractivity contribution in [2.45, 2.75) is 97.7 Å².